The van der Waals surface area contributed by atoms with Gasteiger partial charge in [-0.2, -0.15) is 0 Å². The minimum atomic E-state index is 0.924. The molecular weight excluding hydrogens is 152 g/mol. The van der Waals surface area contributed by atoms with Gasteiger partial charge in [0.25, 0.3) is 0 Å². The average Bonchev–Trinajstić information content (AvgIpc) is 2.62. The minimum Gasteiger partial charge on any atom is -0.381 e. The van der Waals surface area contributed by atoms with Gasteiger partial charge in [-0.15, -0.1) is 0 Å². The van der Waals surface area contributed by atoms with Gasteiger partial charge in [0.1, 0.15) is 0 Å². The highest BCUT2D eigenvalue weighted by Gasteiger charge is 1.94. The van der Waals surface area contributed by atoms with Gasteiger partial charge in [0.2, 0.25) is 0 Å². The highest BCUT2D eigenvalue weighted by molar-refractivity contribution is 4.43. The van der Waals surface area contributed by atoms with Crippen LogP contribution in [0.2, 0.25) is 0 Å². The van der Waals surface area contributed by atoms with Crippen molar-refractivity contribution in [1.29, 1.82) is 0 Å². The predicted molar refractivity (Wildman–Crippen MR) is 51.5 cm³/mol. The summed E-state index contributed by atoms with van der Waals surface area (Å²) in [6.45, 7) is 8.09. The van der Waals surface area contributed by atoms with Crippen molar-refractivity contribution in [2.45, 2.75) is 39.5 Å². The van der Waals surface area contributed by atoms with Crippen LogP contribution in [0.3, 0.4) is 0 Å². The lowest BCUT2D eigenvalue weighted by Gasteiger charge is -1.95. The van der Waals surface area contributed by atoms with Crippen LogP contribution in [0.4, 0.5) is 0 Å². The average molecular weight is 174 g/mol. The van der Waals surface area contributed by atoms with E-state index >= 15 is 0 Å². The van der Waals surface area contributed by atoms with Gasteiger partial charge in [0.05, 0.1) is 0 Å². The summed E-state index contributed by atoms with van der Waals surface area (Å²) in [5.41, 5.74) is 0. The van der Waals surface area contributed by atoms with Crippen molar-refractivity contribution < 1.29 is 9.47 Å². The van der Waals surface area contributed by atoms with Crippen molar-refractivity contribution in [3.8, 4) is 0 Å². The van der Waals surface area contributed by atoms with Gasteiger partial charge in [0.15, 0.2) is 0 Å². The van der Waals surface area contributed by atoms with E-state index in [1.807, 2.05) is 0 Å². The fourth-order valence-corrected chi connectivity index (χ4v) is 0.901. The van der Waals surface area contributed by atoms with Crippen molar-refractivity contribution in [2.75, 3.05) is 26.4 Å². The van der Waals surface area contributed by atoms with Crippen LogP contribution in [-0.2, 0) is 9.47 Å². The maximum absolute atomic E-state index is 5.13. The minimum absolute atomic E-state index is 0.924. The molecular formula is C10H22O2. The van der Waals surface area contributed by atoms with Crippen LogP contribution in [0, 0.1) is 0 Å². The van der Waals surface area contributed by atoms with E-state index < -0.39 is 0 Å². The second-order valence-electron chi connectivity index (χ2n) is 2.93. The highest BCUT2D eigenvalue weighted by Crippen LogP contribution is 1.98. The summed E-state index contributed by atoms with van der Waals surface area (Å²) < 4.78 is 10.1. The zero-order chi connectivity index (χ0) is 9.07. The van der Waals surface area contributed by atoms with Crippen LogP contribution in [0.1, 0.15) is 39.5 Å². The summed E-state index contributed by atoms with van der Waals surface area (Å²) in [5.74, 6) is 0. The summed E-state index contributed by atoms with van der Waals surface area (Å²) in [5, 5.41) is 0. The van der Waals surface area contributed by atoms with Crippen molar-refractivity contribution in [3.63, 3.8) is 0 Å². The summed E-state index contributed by atoms with van der Waals surface area (Å²) in [4.78, 5) is 0. The third-order valence-corrected chi connectivity index (χ3v) is 1.52. The smallest absolute Gasteiger partial charge is 0.0466 e. The Kier molecular flexibility index (Phi) is 10.8. The molecule has 0 N–H and O–H groups in total. The second kappa shape index (κ2) is 10.9. The Balaban J connectivity index is 0.000000211. The molecule has 2 heteroatoms. The molecule has 1 rings (SSSR count). The Morgan fingerprint density at radius 3 is 1.75 bits per heavy atom. The summed E-state index contributed by atoms with van der Waals surface area (Å²) >= 11 is 0. The Morgan fingerprint density at radius 1 is 1.00 bits per heavy atom. The molecule has 1 aliphatic heterocycles. The summed E-state index contributed by atoms with van der Waals surface area (Å²) in [7, 11) is 0. The lowest BCUT2D eigenvalue weighted by atomic mass is 10.4. The normalized spacial score (nSPS) is 15.5. The molecule has 0 spiro atoms. The highest BCUT2D eigenvalue weighted by atomic mass is 16.5. The molecule has 0 amide bonds. The molecule has 1 fully saturated rings. The SMILES string of the molecule is C1CCOC1.CCCOCCC. The van der Waals surface area contributed by atoms with Crippen molar-refractivity contribution in [2.24, 2.45) is 0 Å². The fraction of sp³-hybridized carbons (Fsp3) is 1.00. The largest absolute Gasteiger partial charge is 0.381 e. The van der Waals surface area contributed by atoms with Crippen molar-refractivity contribution in [3.05, 3.63) is 0 Å². The molecule has 2 nitrogen and oxygen atoms in total. The van der Waals surface area contributed by atoms with E-state index in [0.29, 0.717) is 0 Å². The molecule has 0 aromatic carbocycles. The fourth-order valence-electron chi connectivity index (χ4n) is 0.901. The van der Waals surface area contributed by atoms with Gasteiger partial charge in [-0.25, -0.2) is 0 Å². The second-order valence-corrected chi connectivity index (χ2v) is 2.93. The van der Waals surface area contributed by atoms with E-state index in [4.69, 9.17) is 9.47 Å². The molecule has 0 saturated carbocycles. The van der Waals surface area contributed by atoms with Crippen LogP contribution in [0.25, 0.3) is 0 Å². The van der Waals surface area contributed by atoms with Gasteiger partial charge in [0, 0.05) is 26.4 Å². The monoisotopic (exact) mass is 174 g/mol. The Morgan fingerprint density at radius 2 is 1.50 bits per heavy atom. The molecule has 1 aliphatic rings. The molecule has 0 aliphatic carbocycles. The van der Waals surface area contributed by atoms with Crippen LogP contribution in [0.15, 0.2) is 0 Å². The molecule has 0 atom stereocenters. The van der Waals surface area contributed by atoms with E-state index in [2.05, 4.69) is 13.8 Å². The molecule has 1 heterocycles. The number of rotatable bonds is 4. The van der Waals surface area contributed by atoms with E-state index in [9.17, 15) is 0 Å². The molecule has 0 radical (unpaired) electrons. The van der Waals surface area contributed by atoms with E-state index in [0.717, 1.165) is 39.3 Å². The summed E-state index contributed by atoms with van der Waals surface area (Å²) in [6.07, 6.45) is 4.83. The lowest BCUT2D eigenvalue weighted by Crippen LogP contribution is -1.92. The first-order chi connectivity index (χ1) is 5.91. The van der Waals surface area contributed by atoms with Gasteiger partial charge < -0.3 is 9.47 Å². The van der Waals surface area contributed by atoms with Crippen LogP contribution in [0.5, 0.6) is 0 Å². The van der Waals surface area contributed by atoms with E-state index in [1.54, 1.807) is 0 Å². The molecule has 0 aromatic rings. The first-order valence-electron chi connectivity index (χ1n) is 5.07. The Bertz CT molecular complexity index is 58.6. The predicted octanol–water partition coefficient (Wildman–Crippen LogP) is 2.62. The molecule has 74 valence electrons. The number of hydrogen-bond donors (Lipinski definition) is 0. The molecule has 1 saturated heterocycles. The molecule has 0 bridgehead atoms. The molecule has 0 aromatic heterocycles. The standard InChI is InChI=1S/C6H14O.C4H8O/c1-3-5-7-6-4-2;1-2-4-5-3-1/h3-6H2,1-2H3;1-4H2. The van der Waals surface area contributed by atoms with E-state index in [1.165, 1.54) is 12.8 Å². The van der Waals surface area contributed by atoms with Gasteiger partial charge in [-0.3, -0.25) is 0 Å². The maximum atomic E-state index is 5.13. The van der Waals surface area contributed by atoms with Gasteiger partial charge in [-0.1, -0.05) is 13.8 Å². The van der Waals surface area contributed by atoms with Crippen LogP contribution in [-0.4, -0.2) is 26.4 Å². The van der Waals surface area contributed by atoms with Crippen molar-refractivity contribution >= 4 is 0 Å². The first kappa shape index (κ1) is 11.9. The third kappa shape index (κ3) is 9.92. The zero-order valence-electron chi connectivity index (χ0n) is 8.47. The molecule has 0 unspecified atom stereocenters. The van der Waals surface area contributed by atoms with E-state index in [-0.39, 0.29) is 0 Å². The maximum Gasteiger partial charge on any atom is 0.0466 e. The quantitative estimate of drug-likeness (QED) is 0.610. The Hall–Kier alpha value is -0.0800. The Labute approximate surface area is 76.3 Å². The van der Waals surface area contributed by atoms with Crippen LogP contribution < -0.4 is 0 Å². The molecule has 12 heavy (non-hydrogen) atoms. The lowest BCUT2D eigenvalue weighted by molar-refractivity contribution is 0.135. The van der Waals surface area contributed by atoms with Gasteiger partial charge in [-0.05, 0) is 25.7 Å². The van der Waals surface area contributed by atoms with Crippen molar-refractivity contribution in [1.82, 2.24) is 0 Å². The number of hydrogen-bond acceptors (Lipinski definition) is 2. The zero-order valence-corrected chi connectivity index (χ0v) is 8.47. The number of ether oxygens (including phenoxy) is 2. The summed E-state index contributed by atoms with van der Waals surface area (Å²) in [6, 6.07) is 0. The third-order valence-electron chi connectivity index (χ3n) is 1.52. The topological polar surface area (TPSA) is 18.5 Å². The van der Waals surface area contributed by atoms with Gasteiger partial charge >= 0.3 is 0 Å². The van der Waals surface area contributed by atoms with Crippen LogP contribution >= 0.6 is 0 Å². The first-order valence-corrected chi connectivity index (χ1v) is 5.07.